The van der Waals surface area contributed by atoms with E-state index in [1.807, 2.05) is 34.9 Å². The van der Waals surface area contributed by atoms with Gasteiger partial charge in [-0.1, -0.05) is 52.1 Å². The monoisotopic (exact) mass is 448 g/mol. The van der Waals surface area contributed by atoms with E-state index in [0.717, 1.165) is 22.2 Å². The third-order valence-corrected chi connectivity index (χ3v) is 12.7. The lowest BCUT2D eigenvalue weighted by molar-refractivity contribution is -0.172. The largest absolute Gasteiger partial charge is 0.458 e. The number of ether oxygens (including phenoxy) is 1. The molecule has 0 saturated heterocycles. The van der Waals surface area contributed by atoms with Crippen molar-refractivity contribution in [2.45, 2.75) is 63.7 Å². The second kappa shape index (κ2) is 6.86. The number of rotatable bonds is 3. The Balaban J connectivity index is 1.90. The third kappa shape index (κ3) is 2.64. The fourth-order valence-electron chi connectivity index (χ4n) is 5.05. The predicted molar refractivity (Wildman–Crippen MR) is 126 cm³/mol. The van der Waals surface area contributed by atoms with Crippen molar-refractivity contribution in [3.63, 3.8) is 0 Å². The molecule has 0 bridgehead atoms. The number of para-hydroxylation sites is 1. The number of carbonyl (C=O) groups excluding carboxylic acids is 1. The van der Waals surface area contributed by atoms with Crippen LogP contribution in [-0.2, 0) is 21.7 Å². The lowest BCUT2D eigenvalue weighted by Gasteiger charge is -2.37. The van der Waals surface area contributed by atoms with Crippen LogP contribution in [-0.4, -0.2) is 28.7 Å². The summed E-state index contributed by atoms with van der Waals surface area (Å²) in [5.74, 6) is -0.699. The quantitative estimate of drug-likeness (QED) is 0.478. The summed E-state index contributed by atoms with van der Waals surface area (Å²) in [5.41, 5.74) is 2.42. The maximum absolute atomic E-state index is 13.9. The van der Waals surface area contributed by atoms with Gasteiger partial charge in [0, 0.05) is 16.5 Å². The van der Waals surface area contributed by atoms with E-state index in [0.29, 0.717) is 22.4 Å². The Morgan fingerprint density at radius 3 is 2.66 bits per heavy atom. The number of aliphatic hydroxyl groups is 1. The summed E-state index contributed by atoms with van der Waals surface area (Å²) in [4.78, 5) is 31.3. The van der Waals surface area contributed by atoms with Crippen LogP contribution < -0.4 is 5.56 Å². The van der Waals surface area contributed by atoms with Crippen molar-refractivity contribution in [2.75, 3.05) is 0 Å². The highest BCUT2D eigenvalue weighted by Gasteiger charge is 2.49. The van der Waals surface area contributed by atoms with Crippen molar-refractivity contribution >= 4 is 24.9 Å². The molecule has 32 heavy (non-hydrogen) atoms. The van der Waals surface area contributed by atoms with Crippen LogP contribution in [0.15, 0.2) is 41.2 Å². The number of pyridine rings is 2. The van der Waals surface area contributed by atoms with Gasteiger partial charge in [-0.2, -0.15) is 0 Å². The molecule has 166 valence electrons. The van der Waals surface area contributed by atoms with Gasteiger partial charge in [0.25, 0.3) is 5.56 Å². The minimum absolute atomic E-state index is 0.0882. The van der Waals surface area contributed by atoms with E-state index in [1.165, 1.54) is 0 Å². The van der Waals surface area contributed by atoms with E-state index >= 15 is 0 Å². The lowest BCUT2D eigenvalue weighted by atomic mass is 9.86. The van der Waals surface area contributed by atoms with Crippen LogP contribution in [0.2, 0.25) is 18.6 Å². The number of hydrogen-bond donors (Lipinski definition) is 1. The Kier molecular flexibility index (Phi) is 4.52. The molecule has 0 spiro atoms. The van der Waals surface area contributed by atoms with Gasteiger partial charge in [0.1, 0.15) is 6.61 Å². The zero-order valence-electron chi connectivity index (χ0n) is 19.1. The normalized spacial score (nSPS) is 22.0. The standard InChI is InChI=1S/C25H28N2O4Si/c1-6-25(30)18-12-20-21-16(11-15-9-7-8-10-19(15)26-21)23(32(4,5)14(2)3)27(20)22(28)17(18)13-31-24(25)29/h7-12,14,23,30H,6,13H2,1-5H3/t23?,25-/m0/s1. The van der Waals surface area contributed by atoms with Crippen molar-refractivity contribution in [1.82, 2.24) is 9.55 Å². The zero-order valence-corrected chi connectivity index (χ0v) is 20.1. The van der Waals surface area contributed by atoms with Gasteiger partial charge in [-0.05, 0) is 30.2 Å². The molecule has 3 aromatic rings. The van der Waals surface area contributed by atoms with Gasteiger partial charge < -0.3 is 14.4 Å². The molecule has 0 aliphatic carbocycles. The van der Waals surface area contributed by atoms with E-state index in [4.69, 9.17) is 9.72 Å². The first-order chi connectivity index (χ1) is 15.1. The molecule has 6 nitrogen and oxygen atoms in total. The van der Waals surface area contributed by atoms with Gasteiger partial charge in [0.05, 0.1) is 36.2 Å². The van der Waals surface area contributed by atoms with Crippen molar-refractivity contribution in [3.8, 4) is 11.4 Å². The highest BCUT2D eigenvalue weighted by Crippen LogP contribution is 2.48. The molecule has 0 saturated carbocycles. The number of aromatic nitrogens is 2. The first-order valence-corrected chi connectivity index (χ1v) is 14.3. The van der Waals surface area contributed by atoms with Gasteiger partial charge in [0.2, 0.25) is 0 Å². The van der Waals surface area contributed by atoms with E-state index in [9.17, 15) is 14.7 Å². The van der Waals surface area contributed by atoms with Gasteiger partial charge in [-0.15, -0.1) is 0 Å². The number of cyclic esters (lactones) is 1. The molecule has 1 N–H and O–H groups in total. The number of hydrogen-bond acceptors (Lipinski definition) is 5. The molecule has 1 aromatic carbocycles. The Labute approximate surface area is 187 Å². The summed E-state index contributed by atoms with van der Waals surface area (Å²) in [6, 6.07) is 11.9. The minimum atomic E-state index is -2.02. The molecular weight excluding hydrogens is 420 g/mol. The summed E-state index contributed by atoms with van der Waals surface area (Å²) in [6.45, 7) is 10.7. The van der Waals surface area contributed by atoms with Gasteiger partial charge in [-0.3, -0.25) is 4.79 Å². The second-order valence-corrected chi connectivity index (χ2v) is 15.2. The van der Waals surface area contributed by atoms with Crippen LogP contribution in [0.25, 0.3) is 22.3 Å². The van der Waals surface area contributed by atoms with E-state index in [1.54, 1.807) is 6.92 Å². The molecular formula is C25H28N2O4Si. The van der Waals surface area contributed by atoms with E-state index in [2.05, 4.69) is 33.0 Å². The first kappa shape index (κ1) is 21.1. The minimum Gasteiger partial charge on any atom is -0.458 e. The molecule has 4 heterocycles. The number of benzene rings is 1. The zero-order chi connectivity index (χ0) is 23.0. The number of esters is 1. The van der Waals surface area contributed by atoms with Crippen LogP contribution in [0.1, 0.15) is 49.5 Å². The molecule has 2 aromatic heterocycles. The van der Waals surface area contributed by atoms with Crippen molar-refractivity contribution < 1.29 is 14.6 Å². The number of carbonyl (C=O) groups is 1. The average Bonchev–Trinajstić information content (AvgIpc) is 3.09. The van der Waals surface area contributed by atoms with Crippen LogP contribution in [0.5, 0.6) is 0 Å². The third-order valence-electron chi connectivity index (χ3n) is 7.73. The van der Waals surface area contributed by atoms with Crippen molar-refractivity contribution in [2.24, 2.45) is 0 Å². The fraction of sp³-hybridized carbons (Fsp3) is 0.400. The summed E-state index contributed by atoms with van der Waals surface area (Å²) in [6.07, 6.45) is 0.134. The Morgan fingerprint density at radius 2 is 1.97 bits per heavy atom. The van der Waals surface area contributed by atoms with Crippen LogP contribution in [0, 0.1) is 0 Å². The Morgan fingerprint density at radius 1 is 1.25 bits per heavy atom. The van der Waals surface area contributed by atoms with Crippen LogP contribution in [0.4, 0.5) is 0 Å². The molecule has 2 atom stereocenters. The summed E-state index contributed by atoms with van der Waals surface area (Å²) in [5, 5.41) is 12.2. The molecule has 7 heteroatoms. The van der Waals surface area contributed by atoms with Gasteiger partial charge in [-0.25, -0.2) is 9.78 Å². The second-order valence-electron chi connectivity index (χ2n) is 9.88. The molecule has 1 unspecified atom stereocenters. The molecule has 2 aliphatic rings. The van der Waals surface area contributed by atoms with E-state index in [-0.39, 0.29) is 24.3 Å². The Hall–Kier alpha value is -2.77. The maximum Gasteiger partial charge on any atom is 0.343 e. The highest BCUT2D eigenvalue weighted by atomic mass is 28.3. The highest BCUT2D eigenvalue weighted by molar-refractivity contribution is 6.80. The van der Waals surface area contributed by atoms with Gasteiger partial charge in [0.15, 0.2) is 5.60 Å². The molecule has 0 radical (unpaired) electrons. The topological polar surface area (TPSA) is 81.4 Å². The van der Waals surface area contributed by atoms with Crippen molar-refractivity contribution in [1.29, 1.82) is 0 Å². The lowest BCUT2D eigenvalue weighted by Crippen LogP contribution is -2.48. The number of nitrogens with zero attached hydrogens (tertiary/aromatic N) is 2. The summed E-state index contributed by atoms with van der Waals surface area (Å²) in [7, 11) is -2.02. The average molecular weight is 449 g/mol. The van der Waals surface area contributed by atoms with Crippen LogP contribution in [0.3, 0.4) is 0 Å². The smallest absolute Gasteiger partial charge is 0.343 e. The molecule has 2 aliphatic heterocycles. The summed E-state index contributed by atoms with van der Waals surface area (Å²) < 4.78 is 7.13. The molecule has 5 rings (SSSR count). The predicted octanol–water partition coefficient (Wildman–Crippen LogP) is 4.28. The fourth-order valence-corrected chi connectivity index (χ4v) is 7.62. The van der Waals surface area contributed by atoms with Gasteiger partial charge >= 0.3 is 5.97 Å². The van der Waals surface area contributed by atoms with E-state index < -0.39 is 19.6 Å². The number of fused-ring (bicyclic) bond motifs is 5. The van der Waals surface area contributed by atoms with Crippen molar-refractivity contribution in [3.05, 3.63) is 63.4 Å². The molecule has 0 amide bonds. The maximum atomic E-state index is 13.9. The SMILES string of the molecule is CC[C@@]1(O)C(=O)OCc2c1cc1n(c2=O)C([Si](C)(C)C(C)C)c2cc3ccccc3nc2-1. The first-order valence-electron chi connectivity index (χ1n) is 11.2. The Bertz CT molecular complexity index is 1340. The summed E-state index contributed by atoms with van der Waals surface area (Å²) >= 11 is 0. The van der Waals surface area contributed by atoms with Crippen LogP contribution >= 0.6 is 0 Å². The molecule has 0 fully saturated rings.